The van der Waals surface area contributed by atoms with E-state index in [0.717, 1.165) is 0 Å². The zero-order valence-corrected chi connectivity index (χ0v) is 13.6. The van der Waals surface area contributed by atoms with Crippen LogP contribution in [0.25, 0.3) is 0 Å². The average molecular weight is 392 g/mol. The van der Waals surface area contributed by atoms with E-state index in [2.05, 4.69) is 25.4 Å². The first-order valence-electron chi connectivity index (χ1n) is 6.17. The number of hydrogen-bond donors (Lipinski definition) is 1. The van der Waals surface area contributed by atoms with Crippen molar-refractivity contribution in [1.29, 1.82) is 0 Å². The van der Waals surface area contributed by atoms with Gasteiger partial charge in [-0.3, -0.25) is 0 Å². The van der Waals surface area contributed by atoms with Gasteiger partial charge in [-0.2, -0.15) is 8.78 Å². The second-order valence-corrected chi connectivity index (χ2v) is 6.83. The first-order chi connectivity index (χ1) is 10.4. The van der Waals surface area contributed by atoms with E-state index in [9.17, 15) is 17.2 Å². The van der Waals surface area contributed by atoms with Gasteiger partial charge in [-0.25, -0.2) is 13.1 Å². The summed E-state index contributed by atoms with van der Waals surface area (Å²) in [4.78, 5) is 0.0715. The molecule has 0 bridgehead atoms. The third-order valence-corrected chi connectivity index (χ3v) is 5.18. The van der Waals surface area contributed by atoms with Crippen LogP contribution in [0, 0.1) is 0 Å². The predicted molar refractivity (Wildman–Crippen MR) is 81.2 cm³/mol. The summed E-state index contributed by atoms with van der Waals surface area (Å²) in [6.45, 7) is -3.13. The van der Waals surface area contributed by atoms with Crippen molar-refractivity contribution in [1.82, 2.24) is 4.72 Å². The van der Waals surface area contributed by atoms with E-state index < -0.39 is 16.6 Å². The summed E-state index contributed by atoms with van der Waals surface area (Å²) in [5, 5.41) is 0. The van der Waals surface area contributed by atoms with Crippen LogP contribution >= 0.6 is 15.9 Å². The molecule has 0 heterocycles. The van der Waals surface area contributed by atoms with E-state index in [4.69, 9.17) is 0 Å². The Morgan fingerprint density at radius 3 is 2.41 bits per heavy atom. The fraction of sp³-hybridized carbons (Fsp3) is 0.143. The van der Waals surface area contributed by atoms with Crippen molar-refractivity contribution in [2.45, 2.75) is 18.1 Å². The average Bonchev–Trinajstić information content (AvgIpc) is 2.46. The minimum Gasteiger partial charge on any atom is -0.434 e. The van der Waals surface area contributed by atoms with Crippen LogP contribution < -0.4 is 9.46 Å². The number of para-hydroxylation sites is 1. The Kier molecular flexibility index (Phi) is 5.49. The Hall–Kier alpha value is -1.51. The minimum absolute atomic E-state index is 0.0627. The molecule has 0 aromatic heterocycles. The van der Waals surface area contributed by atoms with Crippen LogP contribution in [0.3, 0.4) is 0 Å². The van der Waals surface area contributed by atoms with Crippen LogP contribution in [0.1, 0.15) is 5.56 Å². The molecule has 2 rings (SSSR count). The van der Waals surface area contributed by atoms with E-state index in [1.54, 1.807) is 24.3 Å². The van der Waals surface area contributed by atoms with Gasteiger partial charge in [0.15, 0.2) is 0 Å². The van der Waals surface area contributed by atoms with E-state index in [1.165, 1.54) is 24.3 Å². The van der Waals surface area contributed by atoms with Crippen LogP contribution in [-0.2, 0) is 16.6 Å². The second kappa shape index (κ2) is 7.17. The lowest BCUT2D eigenvalue weighted by Crippen LogP contribution is -2.24. The smallest absolute Gasteiger partial charge is 0.387 e. The molecule has 0 spiro atoms. The highest BCUT2D eigenvalue weighted by atomic mass is 79.9. The van der Waals surface area contributed by atoms with Gasteiger partial charge < -0.3 is 4.74 Å². The summed E-state index contributed by atoms with van der Waals surface area (Å²) >= 11 is 3.16. The maximum atomic E-state index is 12.3. The van der Waals surface area contributed by atoms with Crippen LogP contribution in [0.15, 0.2) is 57.9 Å². The Labute approximate surface area is 135 Å². The molecule has 0 amide bonds. The third kappa shape index (κ3) is 4.25. The molecule has 2 aromatic rings. The Balaban J connectivity index is 2.18. The molecule has 0 saturated heterocycles. The van der Waals surface area contributed by atoms with E-state index in [0.29, 0.717) is 10.0 Å². The Morgan fingerprint density at radius 2 is 1.73 bits per heavy atom. The SMILES string of the molecule is O=S(=O)(NCc1ccccc1OC(F)F)c1ccccc1Br. The Morgan fingerprint density at radius 1 is 1.09 bits per heavy atom. The quantitative estimate of drug-likeness (QED) is 0.819. The normalized spacial score (nSPS) is 11.6. The van der Waals surface area contributed by atoms with Crippen molar-refractivity contribution in [3.05, 3.63) is 58.6 Å². The molecular weight excluding hydrogens is 380 g/mol. The lowest BCUT2D eigenvalue weighted by atomic mass is 10.2. The lowest BCUT2D eigenvalue weighted by Gasteiger charge is -2.12. The van der Waals surface area contributed by atoms with Gasteiger partial charge in [0.25, 0.3) is 0 Å². The van der Waals surface area contributed by atoms with Crippen molar-refractivity contribution in [3.8, 4) is 5.75 Å². The number of halogens is 3. The van der Waals surface area contributed by atoms with Gasteiger partial charge in [0.2, 0.25) is 10.0 Å². The number of benzene rings is 2. The van der Waals surface area contributed by atoms with Gasteiger partial charge in [0, 0.05) is 16.6 Å². The molecule has 0 aliphatic heterocycles. The molecule has 0 saturated carbocycles. The third-order valence-electron chi connectivity index (χ3n) is 2.77. The number of hydrogen-bond acceptors (Lipinski definition) is 3. The van der Waals surface area contributed by atoms with Gasteiger partial charge in [0.1, 0.15) is 5.75 Å². The molecule has 0 unspecified atom stereocenters. The first-order valence-corrected chi connectivity index (χ1v) is 8.44. The van der Waals surface area contributed by atoms with E-state index >= 15 is 0 Å². The van der Waals surface area contributed by atoms with Crippen molar-refractivity contribution < 1.29 is 21.9 Å². The number of rotatable bonds is 6. The monoisotopic (exact) mass is 391 g/mol. The molecule has 4 nitrogen and oxygen atoms in total. The molecule has 8 heteroatoms. The minimum atomic E-state index is -3.77. The maximum Gasteiger partial charge on any atom is 0.387 e. The molecule has 0 atom stereocenters. The van der Waals surface area contributed by atoms with Crippen LogP contribution in [0.5, 0.6) is 5.75 Å². The molecule has 118 valence electrons. The molecule has 0 aliphatic rings. The number of ether oxygens (including phenoxy) is 1. The highest BCUT2D eigenvalue weighted by molar-refractivity contribution is 9.10. The zero-order valence-electron chi connectivity index (χ0n) is 11.2. The summed E-state index contributed by atoms with van der Waals surface area (Å²) in [5.41, 5.74) is 0.318. The van der Waals surface area contributed by atoms with E-state index in [1.807, 2.05) is 0 Å². The van der Waals surface area contributed by atoms with Crippen LogP contribution in [-0.4, -0.2) is 15.0 Å². The van der Waals surface area contributed by atoms with Crippen molar-refractivity contribution in [2.24, 2.45) is 0 Å². The molecular formula is C14H12BrF2NO3S. The van der Waals surface area contributed by atoms with Crippen LogP contribution in [0.2, 0.25) is 0 Å². The molecule has 0 fully saturated rings. The summed E-state index contributed by atoms with van der Waals surface area (Å²) < 4.78 is 56.3. The Bertz CT molecular complexity index is 753. The van der Waals surface area contributed by atoms with Crippen molar-refractivity contribution >= 4 is 26.0 Å². The van der Waals surface area contributed by atoms with Gasteiger partial charge in [-0.15, -0.1) is 0 Å². The highest BCUT2D eigenvalue weighted by Gasteiger charge is 2.18. The topological polar surface area (TPSA) is 55.4 Å². The lowest BCUT2D eigenvalue weighted by molar-refractivity contribution is -0.0504. The number of nitrogens with one attached hydrogen (secondary N) is 1. The zero-order chi connectivity index (χ0) is 16.2. The largest absolute Gasteiger partial charge is 0.434 e. The predicted octanol–water partition coefficient (Wildman–Crippen LogP) is 3.53. The summed E-state index contributed by atoms with van der Waals surface area (Å²) in [6.07, 6.45) is 0. The highest BCUT2D eigenvalue weighted by Crippen LogP contribution is 2.23. The van der Waals surface area contributed by atoms with Gasteiger partial charge in [-0.05, 0) is 34.1 Å². The molecule has 2 aromatic carbocycles. The molecule has 1 N–H and O–H groups in total. The first kappa shape index (κ1) is 16.9. The summed E-state index contributed by atoms with van der Waals surface area (Å²) in [7, 11) is -3.77. The standard InChI is InChI=1S/C14H12BrF2NO3S/c15-11-6-2-4-8-13(11)22(19,20)18-9-10-5-1-3-7-12(10)21-14(16)17/h1-8,14,18H,9H2. The van der Waals surface area contributed by atoms with Gasteiger partial charge >= 0.3 is 6.61 Å². The van der Waals surface area contributed by atoms with Crippen molar-refractivity contribution in [3.63, 3.8) is 0 Å². The second-order valence-electron chi connectivity index (χ2n) is 4.24. The fourth-order valence-electron chi connectivity index (χ4n) is 1.77. The maximum absolute atomic E-state index is 12.3. The molecule has 0 radical (unpaired) electrons. The summed E-state index contributed by atoms with van der Waals surface area (Å²) in [6, 6.07) is 12.3. The van der Waals surface area contributed by atoms with Crippen molar-refractivity contribution in [2.75, 3.05) is 0 Å². The number of sulfonamides is 1. The van der Waals surface area contributed by atoms with Crippen LogP contribution in [0.4, 0.5) is 8.78 Å². The number of alkyl halides is 2. The fourth-order valence-corrected chi connectivity index (χ4v) is 3.78. The van der Waals surface area contributed by atoms with Gasteiger partial charge in [0.05, 0.1) is 4.90 Å². The van der Waals surface area contributed by atoms with E-state index in [-0.39, 0.29) is 17.2 Å². The van der Waals surface area contributed by atoms with Gasteiger partial charge in [-0.1, -0.05) is 30.3 Å². The molecule has 0 aliphatic carbocycles. The summed E-state index contributed by atoms with van der Waals surface area (Å²) in [5.74, 6) is -0.0627. The molecule has 22 heavy (non-hydrogen) atoms.